The molecule has 1 aromatic heterocycles. The van der Waals surface area contributed by atoms with Crippen LogP contribution in [-0.4, -0.2) is 27.5 Å². The number of alkyl halides is 3. The number of ketones is 1. The van der Waals surface area contributed by atoms with Crippen LogP contribution in [0.2, 0.25) is 0 Å². The number of carbonyl (C=O) groups is 2. The van der Waals surface area contributed by atoms with E-state index in [-0.39, 0.29) is 18.6 Å². The van der Waals surface area contributed by atoms with Gasteiger partial charge in [-0.3, -0.25) is 9.59 Å². The number of nitrogens with two attached hydrogens (primary N) is 1. The fourth-order valence-electron chi connectivity index (χ4n) is 3.98. The van der Waals surface area contributed by atoms with Crippen molar-refractivity contribution in [2.45, 2.75) is 48.7 Å². The number of Topliss-reactive ketones (excluding diaryl/α,β-unsaturated/α-hetero) is 1. The highest BCUT2D eigenvalue weighted by Gasteiger charge is 2.35. The number of amides is 1. The normalized spacial score (nSPS) is 14.5. The SMILES string of the molecule is COc1ccc(C(=O)CC(CC(=S)Cc2sc3c(c2C(N)=O)CCCC3)C(Cl)(Cl)Cl)cc1. The monoisotopic (exact) mass is 531 g/mol. The first-order valence-electron chi connectivity index (χ1n) is 10.3. The molecule has 0 saturated carbocycles. The van der Waals surface area contributed by atoms with Crippen molar-refractivity contribution in [1.29, 1.82) is 0 Å². The van der Waals surface area contributed by atoms with Crippen LogP contribution in [0, 0.1) is 5.92 Å². The highest BCUT2D eigenvalue weighted by Crippen LogP contribution is 2.41. The van der Waals surface area contributed by atoms with Gasteiger partial charge in [0.1, 0.15) is 5.75 Å². The van der Waals surface area contributed by atoms with Crippen LogP contribution in [0.4, 0.5) is 0 Å². The van der Waals surface area contributed by atoms with Crippen molar-refractivity contribution in [2.24, 2.45) is 11.7 Å². The summed E-state index contributed by atoms with van der Waals surface area (Å²) in [6, 6.07) is 6.80. The Morgan fingerprint density at radius 1 is 1.16 bits per heavy atom. The lowest BCUT2D eigenvalue weighted by molar-refractivity contribution is 0.0961. The van der Waals surface area contributed by atoms with Gasteiger partial charge in [0.15, 0.2) is 9.58 Å². The molecule has 1 heterocycles. The van der Waals surface area contributed by atoms with E-state index in [2.05, 4.69) is 0 Å². The lowest BCUT2D eigenvalue weighted by atomic mass is 9.92. The summed E-state index contributed by atoms with van der Waals surface area (Å²) in [7, 11) is 1.56. The first-order valence-corrected chi connectivity index (χ1v) is 12.6. The molecule has 0 fully saturated rings. The average molecular weight is 533 g/mol. The Balaban J connectivity index is 1.73. The van der Waals surface area contributed by atoms with Crippen LogP contribution in [0.15, 0.2) is 24.3 Å². The molecule has 1 atom stereocenters. The van der Waals surface area contributed by atoms with Crippen molar-refractivity contribution in [3.05, 3.63) is 50.7 Å². The van der Waals surface area contributed by atoms with Gasteiger partial charge in [0.05, 0.1) is 12.7 Å². The van der Waals surface area contributed by atoms with E-state index in [0.717, 1.165) is 36.1 Å². The maximum atomic E-state index is 12.8. The number of thiocarbonyl (C=S) groups is 1. The fourth-order valence-corrected chi connectivity index (χ4v) is 6.32. The molecule has 0 radical (unpaired) electrons. The lowest BCUT2D eigenvalue weighted by Crippen LogP contribution is -2.26. The molecule has 1 aliphatic carbocycles. The van der Waals surface area contributed by atoms with Gasteiger partial charge in [-0.1, -0.05) is 47.0 Å². The van der Waals surface area contributed by atoms with Crippen molar-refractivity contribution in [3.8, 4) is 5.75 Å². The molecule has 4 nitrogen and oxygen atoms in total. The van der Waals surface area contributed by atoms with Gasteiger partial charge in [-0.15, -0.1) is 11.3 Å². The first-order chi connectivity index (χ1) is 15.1. The van der Waals surface area contributed by atoms with Crippen LogP contribution in [0.5, 0.6) is 5.75 Å². The molecule has 1 amide bonds. The minimum Gasteiger partial charge on any atom is -0.497 e. The Kier molecular flexibility index (Phi) is 8.61. The van der Waals surface area contributed by atoms with E-state index in [4.69, 9.17) is 57.5 Å². The number of fused-ring (bicyclic) bond motifs is 1. The van der Waals surface area contributed by atoms with E-state index >= 15 is 0 Å². The van der Waals surface area contributed by atoms with E-state index in [1.165, 1.54) is 4.88 Å². The maximum Gasteiger partial charge on any atom is 0.250 e. The number of primary amides is 1. The number of hydrogen-bond donors (Lipinski definition) is 1. The predicted octanol–water partition coefficient (Wildman–Crippen LogP) is 6.30. The van der Waals surface area contributed by atoms with E-state index in [1.54, 1.807) is 42.7 Å². The molecule has 0 aliphatic heterocycles. The fraction of sp³-hybridized carbons (Fsp3) is 0.435. The zero-order chi connectivity index (χ0) is 23.5. The van der Waals surface area contributed by atoms with Gasteiger partial charge in [0.25, 0.3) is 0 Å². The van der Waals surface area contributed by atoms with Crippen LogP contribution in [0.25, 0.3) is 0 Å². The van der Waals surface area contributed by atoms with Crippen LogP contribution in [-0.2, 0) is 19.3 Å². The van der Waals surface area contributed by atoms with Crippen molar-refractivity contribution >= 4 is 74.9 Å². The van der Waals surface area contributed by atoms with Gasteiger partial charge < -0.3 is 10.5 Å². The standard InChI is InChI=1S/C23H24Cl3NO3S2/c1-30-15-8-6-13(7-9-15)18(28)11-14(23(24,25)26)10-16(31)12-20-21(22(27)29)17-4-2-3-5-19(17)32-20/h6-9,14H,2-5,10-12H2,1H3,(H2,27,29). The van der Waals surface area contributed by atoms with Gasteiger partial charge in [-0.25, -0.2) is 0 Å². The first kappa shape index (κ1) is 25.4. The molecule has 0 bridgehead atoms. The van der Waals surface area contributed by atoms with Crippen molar-refractivity contribution in [1.82, 2.24) is 0 Å². The van der Waals surface area contributed by atoms with Crippen LogP contribution in [0.1, 0.15) is 61.7 Å². The quantitative estimate of drug-likeness (QED) is 0.234. The minimum absolute atomic E-state index is 0.0343. The van der Waals surface area contributed by atoms with Crippen LogP contribution < -0.4 is 10.5 Å². The van der Waals surface area contributed by atoms with Crippen LogP contribution >= 0.6 is 58.4 Å². The van der Waals surface area contributed by atoms with Crippen LogP contribution in [0.3, 0.4) is 0 Å². The maximum absolute atomic E-state index is 12.8. The molecule has 0 spiro atoms. The summed E-state index contributed by atoms with van der Waals surface area (Å²) in [5.74, 6) is -0.503. The molecular weight excluding hydrogens is 509 g/mol. The third-order valence-electron chi connectivity index (χ3n) is 5.63. The van der Waals surface area contributed by atoms with Crippen molar-refractivity contribution in [3.63, 3.8) is 0 Å². The largest absolute Gasteiger partial charge is 0.497 e. The summed E-state index contributed by atoms with van der Waals surface area (Å²) in [5, 5.41) is 0. The second-order valence-electron chi connectivity index (χ2n) is 7.89. The summed E-state index contributed by atoms with van der Waals surface area (Å²) >= 11 is 25.9. The zero-order valence-corrected chi connectivity index (χ0v) is 21.5. The second-order valence-corrected chi connectivity index (χ2v) is 12.0. The molecule has 32 heavy (non-hydrogen) atoms. The van der Waals surface area contributed by atoms with E-state index in [0.29, 0.717) is 28.2 Å². The molecule has 2 aromatic rings. The van der Waals surface area contributed by atoms with E-state index < -0.39 is 15.6 Å². The second kappa shape index (κ2) is 10.8. The molecule has 1 unspecified atom stereocenters. The molecule has 0 saturated heterocycles. The van der Waals surface area contributed by atoms with Gasteiger partial charge in [0, 0.05) is 34.1 Å². The molecule has 9 heteroatoms. The number of benzene rings is 1. The Morgan fingerprint density at radius 2 is 1.81 bits per heavy atom. The predicted molar refractivity (Wildman–Crippen MR) is 136 cm³/mol. The summed E-state index contributed by atoms with van der Waals surface area (Å²) in [6.07, 6.45) is 4.69. The number of carbonyl (C=O) groups excluding carboxylic acids is 2. The highest BCUT2D eigenvalue weighted by atomic mass is 35.6. The molecular formula is C23H24Cl3NO3S2. The molecule has 3 rings (SSSR count). The lowest BCUT2D eigenvalue weighted by Gasteiger charge is -2.24. The number of rotatable bonds is 9. The van der Waals surface area contributed by atoms with Gasteiger partial charge in [-0.05, 0) is 66.8 Å². The number of halogens is 3. The third-order valence-corrected chi connectivity index (χ3v) is 8.16. The molecule has 1 aromatic carbocycles. The number of aryl methyl sites for hydroxylation is 1. The smallest absolute Gasteiger partial charge is 0.250 e. The summed E-state index contributed by atoms with van der Waals surface area (Å²) in [4.78, 5) is 27.7. The number of ether oxygens (including phenoxy) is 1. The zero-order valence-electron chi connectivity index (χ0n) is 17.6. The average Bonchev–Trinajstić information content (AvgIpc) is 3.10. The summed E-state index contributed by atoms with van der Waals surface area (Å²) < 4.78 is 3.47. The number of methoxy groups -OCH3 is 1. The third kappa shape index (κ3) is 6.23. The van der Waals surface area contributed by atoms with Gasteiger partial charge in [-0.2, -0.15) is 0 Å². The minimum atomic E-state index is -1.66. The Hall–Kier alpha value is -1.18. The Bertz CT molecular complexity index is 1010. The molecule has 172 valence electrons. The molecule has 2 N–H and O–H groups in total. The van der Waals surface area contributed by atoms with Crippen molar-refractivity contribution in [2.75, 3.05) is 7.11 Å². The van der Waals surface area contributed by atoms with Gasteiger partial charge >= 0.3 is 0 Å². The van der Waals surface area contributed by atoms with E-state index in [1.807, 2.05) is 0 Å². The summed E-state index contributed by atoms with van der Waals surface area (Å²) in [5.41, 5.74) is 7.87. The Morgan fingerprint density at radius 3 is 2.41 bits per heavy atom. The highest BCUT2D eigenvalue weighted by molar-refractivity contribution is 7.80. The number of thiophene rings is 1. The number of hydrogen-bond acceptors (Lipinski definition) is 5. The van der Waals surface area contributed by atoms with Crippen molar-refractivity contribution < 1.29 is 14.3 Å². The Labute approximate surface area is 212 Å². The summed E-state index contributed by atoms with van der Waals surface area (Å²) in [6.45, 7) is 0. The molecule has 1 aliphatic rings. The topological polar surface area (TPSA) is 69.4 Å². The van der Waals surface area contributed by atoms with E-state index in [9.17, 15) is 9.59 Å². The van der Waals surface area contributed by atoms with Gasteiger partial charge in [0.2, 0.25) is 5.91 Å².